The van der Waals surface area contributed by atoms with E-state index in [1.54, 1.807) is 36.4 Å². The topological polar surface area (TPSA) is 73.6 Å². The van der Waals surface area contributed by atoms with Crippen LogP contribution in [0, 0.1) is 6.92 Å². The lowest BCUT2D eigenvalue weighted by atomic mass is 10.1. The molecule has 2 heterocycles. The highest BCUT2D eigenvalue weighted by atomic mass is 32.1. The Kier molecular flexibility index (Phi) is 5.05. The van der Waals surface area contributed by atoms with E-state index in [1.807, 2.05) is 37.3 Å². The molecule has 0 bridgehead atoms. The average Bonchev–Trinajstić information content (AvgIpc) is 3.22. The zero-order valence-corrected chi connectivity index (χ0v) is 16.6. The van der Waals surface area contributed by atoms with Gasteiger partial charge >= 0.3 is 5.97 Å². The van der Waals surface area contributed by atoms with Crippen LogP contribution in [0.15, 0.2) is 53.3 Å². The smallest absolute Gasteiger partial charge is 0.308 e. The summed E-state index contributed by atoms with van der Waals surface area (Å²) in [6.45, 7) is 3.39. The third-order valence-corrected chi connectivity index (χ3v) is 5.10. The second kappa shape index (κ2) is 7.81. The van der Waals surface area contributed by atoms with Crippen molar-refractivity contribution in [3.05, 3.63) is 85.9 Å². The Hall–Kier alpha value is -3.58. The number of nitrogens with zero attached hydrogens (tertiary/aromatic N) is 3. The number of carbonyl (C=O) groups is 1. The quantitative estimate of drug-likeness (QED) is 0.387. The molecule has 144 valence electrons. The standard InChI is InChI=1S/C22H17N3O3S/c1-14-3-5-16(6-4-14)9-12-20-23-22-25(24-20)21(27)19(29-22)13-17-7-10-18(11-8-17)28-15(2)26/h3-13H,1-2H3. The van der Waals surface area contributed by atoms with Crippen LogP contribution in [-0.4, -0.2) is 20.6 Å². The van der Waals surface area contributed by atoms with Crippen LogP contribution in [0.1, 0.15) is 29.4 Å². The average molecular weight is 403 g/mol. The maximum atomic E-state index is 12.6. The first-order chi connectivity index (χ1) is 14.0. The van der Waals surface area contributed by atoms with Crippen LogP contribution in [0.4, 0.5) is 0 Å². The Morgan fingerprint density at radius 1 is 1.03 bits per heavy atom. The highest BCUT2D eigenvalue weighted by Gasteiger charge is 2.09. The van der Waals surface area contributed by atoms with Crippen molar-refractivity contribution in [1.29, 1.82) is 0 Å². The van der Waals surface area contributed by atoms with E-state index in [-0.39, 0.29) is 11.5 Å². The molecular formula is C22H17N3O3S. The highest BCUT2D eigenvalue weighted by molar-refractivity contribution is 7.15. The fourth-order valence-electron chi connectivity index (χ4n) is 2.72. The zero-order valence-electron chi connectivity index (χ0n) is 15.8. The van der Waals surface area contributed by atoms with E-state index in [2.05, 4.69) is 10.1 Å². The molecule has 0 aliphatic carbocycles. The predicted molar refractivity (Wildman–Crippen MR) is 114 cm³/mol. The Morgan fingerprint density at radius 2 is 1.72 bits per heavy atom. The lowest BCUT2D eigenvalue weighted by molar-refractivity contribution is -0.131. The fourth-order valence-corrected chi connectivity index (χ4v) is 3.63. The van der Waals surface area contributed by atoms with E-state index in [4.69, 9.17) is 4.74 Å². The second-order valence-electron chi connectivity index (χ2n) is 6.49. The second-order valence-corrected chi connectivity index (χ2v) is 7.50. The monoisotopic (exact) mass is 403 g/mol. The normalized spacial score (nSPS) is 12.1. The molecule has 0 unspecified atom stereocenters. The van der Waals surface area contributed by atoms with E-state index in [0.29, 0.717) is 21.1 Å². The molecule has 0 amide bonds. The Morgan fingerprint density at radius 3 is 2.38 bits per heavy atom. The third kappa shape index (κ3) is 4.30. The number of aromatic nitrogens is 3. The number of benzene rings is 2. The number of rotatable bonds is 4. The van der Waals surface area contributed by atoms with Crippen molar-refractivity contribution in [3.8, 4) is 5.75 Å². The van der Waals surface area contributed by atoms with Crippen molar-refractivity contribution in [2.45, 2.75) is 13.8 Å². The molecule has 4 rings (SSSR count). The first kappa shape index (κ1) is 18.8. The highest BCUT2D eigenvalue weighted by Crippen LogP contribution is 2.13. The molecule has 0 aliphatic rings. The molecule has 0 radical (unpaired) electrons. The lowest BCUT2D eigenvalue weighted by Crippen LogP contribution is -2.23. The minimum atomic E-state index is -0.374. The predicted octanol–water partition coefficient (Wildman–Crippen LogP) is 3.10. The number of hydrogen-bond donors (Lipinski definition) is 0. The molecule has 0 saturated carbocycles. The van der Waals surface area contributed by atoms with Gasteiger partial charge in [0.1, 0.15) is 5.75 Å². The van der Waals surface area contributed by atoms with Gasteiger partial charge in [0, 0.05) is 6.92 Å². The van der Waals surface area contributed by atoms with Gasteiger partial charge in [0.2, 0.25) is 4.96 Å². The SMILES string of the molecule is CC(=O)Oc1ccc(C=c2sc3nc(C=Cc4ccc(C)cc4)nn3c2=O)cc1. The van der Waals surface area contributed by atoms with Crippen LogP contribution >= 0.6 is 11.3 Å². The molecule has 7 heteroatoms. The number of ether oxygens (including phenoxy) is 1. The van der Waals surface area contributed by atoms with E-state index < -0.39 is 0 Å². The van der Waals surface area contributed by atoms with E-state index >= 15 is 0 Å². The van der Waals surface area contributed by atoms with E-state index in [0.717, 1.165) is 11.1 Å². The molecule has 0 spiro atoms. The summed E-state index contributed by atoms with van der Waals surface area (Å²) >= 11 is 1.28. The number of fused-ring (bicyclic) bond motifs is 1. The van der Waals surface area contributed by atoms with Crippen molar-refractivity contribution in [3.63, 3.8) is 0 Å². The summed E-state index contributed by atoms with van der Waals surface area (Å²) in [5, 5.41) is 4.29. The number of hydrogen-bond acceptors (Lipinski definition) is 6. The van der Waals surface area contributed by atoms with Crippen LogP contribution in [0.5, 0.6) is 5.75 Å². The summed E-state index contributed by atoms with van der Waals surface area (Å²) in [6, 6.07) is 15.0. The summed E-state index contributed by atoms with van der Waals surface area (Å²) in [5.74, 6) is 0.581. The fraction of sp³-hybridized carbons (Fsp3) is 0.0909. The van der Waals surface area contributed by atoms with Crippen LogP contribution in [0.25, 0.3) is 23.2 Å². The molecule has 2 aromatic heterocycles. The van der Waals surface area contributed by atoms with Crippen LogP contribution in [0.3, 0.4) is 0 Å². The molecular weight excluding hydrogens is 386 g/mol. The summed E-state index contributed by atoms with van der Waals surface area (Å²) in [7, 11) is 0. The van der Waals surface area contributed by atoms with E-state index in [9.17, 15) is 9.59 Å². The number of aryl methyl sites for hydroxylation is 1. The number of thiazole rings is 1. The van der Waals surface area contributed by atoms with Crippen molar-refractivity contribution >= 4 is 40.5 Å². The van der Waals surface area contributed by atoms with Gasteiger partial charge in [-0.25, -0.2) is 0 Å². The molecule has 0 fully saturated rings. The molecule has 0 atom stereocenters. The van der Waals surface area contributed by atoms with Gasteiger partial charge in [-0.15, -0.1) is 5.10 Å². The van der Waals surface area contributed by atoms with Gasteiger partial charge in [-0.2, -0.15) is 9.50 Å². The van der Waals surface area contributed by atoms with Crippen LogP contribution < -0.4 is 14.8 Å². The minimum Gasteiger partial charge on any atom is -0.427 e. The van der Waals surface area contributed by atoms with Crippen molar-refractivity contribution < 1.29 is 9.53 Å². The van der Waals surface area contributed by atoms with Gasteiger partial charge < -0.3 is 4.74 Å². The molecule has 0 aliphatic heterocycles. The van der Waals surface area contributed by atoms with Gasteiger partial charge in [-0.1, -0.05) is 59.4 Å². The van der Waals surface area contributed by atoms with E-state index in [1.165, 1.54) is 28.3 Å². The van der Waals surface area contributed by atoms with Crippen molar-refractivity contribution in [2.75, 3.05) is 0 Å². The first-order valence-corrected chi connectivity index (χ1v) is 9.74. The molecule has 29 heavy (non-hydrogen) atoms. The minimum absolute atomic E-state index is 0.212. The summed E-state index contributed by atoms with van der Waals surface area (Å²) < 4.78 is 6.86. The van der Waals surface area contributed by atoms with Crippen molar-refractivity contribution in [1.82, 2.24) is 14.6 Å². The maximum Gasteiger partial charge on any atom is 0.308 e. The van der Waals surface area contributed by atoms with Crippen molar-refractivity contribution in [2.24, 2.45) is 0 Å². The molecule has 0 N–H and O–H groups in total. The summed E-state index contributed by atoms with van der Waals surface area (Å²) in [6.07, 6.45) is 5.48. The number of carbonyl (C=O) groups excluding carboxylic acids is 1. The lowest BCUT2D eigenvalue weighted by Gasteiger charge is -2.00. The Bertz CT molecular complexity index is 1320. The van der Waals surface area contributed by atoms with Crippen LogP contribution in [-0.2, 0) is 4.79 Å². The largest absolute Gasteiger partial charge is 0.427 e. The van der Waals surface area contributed by atoms with Gasteiger partial charge in [-0.3, -0.25) is 9.59 Å². The van der Waals surface area contributed by atoms with Crippen LogP contribution in [0.2, 0.25) is 0 Å². The molecule has 2 aromatic carbocycles. The Balaban J connectivity index is 1.59. The van der Waals surface area contributed by atoms with Gasteiger partial charge in [0.15, 0.2) is 5.82 Å². The third-order valence-electron chi connectivity index (χ3n) is 4.14. The summed E-state index contributed by atoms with van der Waals surface area (Å²) in [4.78, 5) is 28.6. The maximum absolute atomic E-state index is 12.6. The van der Waals surface area contributed by atoms with Gasteiger partial charge in [0.05, 0.1) is 4.53 Å². The van der Waals surface area contributed by atoms with Gasteiger partial charge in [-0.05, 0) is 42.3 Å². The first-order valence-electron chi connectivity index (χ1n) is 8.92. The van der Waals surface area contributed by atoms with Gasteiger partial charge in [0.25, 0.3) is 5.56 Å². The molecule has 0 saturated heterocycles. The zero-order chi connectivity index (χ0) is 20.4. The molecule has 4 aromatic rings. The Labute approximate surface area is 170 Å². The molecule has 6 nitrogen and oxygen atoms in total. The number of esters is 1. The summed E-state index contributed by atoms with van der Waals surface area (Å²) in [5.41, 5.74) is 2.85.